The Hall–Kier alpha value is -3.19. The van der Waals surface area contributed by atoms with E-state index < -0.39 is 12.0 Å². The van der Waals surface area contributed by atoms with Gasteiger partial charge in [-0.2, -0.15) is 0 Å². The number of carboxylic acid groups (broad SMARTS) is 1. The number of unbranched alkanes of at least 4 members (excludes halogenated alkanes) is 20. The van der Waals surface area contributed by atoms with Gasteiger partial charge < -0.3 is 20.9 Å². The number of nitrogens with two attached hydrogens (primary N) is 1. The highest BCUT2D eigenvalue weighted by Gasteiger charge is 2.19. The number of nitrogens with one attached hydrogen (secondary N) is 1. The van der Waals surface area contributed by atoms with E-state index in [0.29, 0.717) is 32.2 Å². The van der Waals surface area contributed by atoms with Crippen molar-refractivity contribution in [2.75, 3.05) is 6.54 Å². The van der Waals surface area contributed by atoms with Crippen LogP contribution in [0.25, 0.3) is 0 Å². The fraction of sp³-hybridized carbons (Fsp3) is 0.727. The summed E-state index contributed by atoms with van der Waals surface area (Å²) in [6.07, 6.45) is 63.8. The second kappa shape index (κ2) is 48.8. The third kappa shape index (κ3) is 44.9. The molecule has 4 N–H and O–H groups in total. The molecule has 0 aromatic rings. The lowest BCUT2D eigenvalue weighted by molar-refractivity contribution is -0.150. The molecule has 62 heavy (non-hydrogen) atoms. The number of carboxylic acids is 1. The maximum atomic E-state index is 12.9. The number of hydrogen-bond acceptors (Lipinski definition) is 5. The molecule has 0 aromatic heterocycles. The van der Waals surface area contributed by atoms with E-state index >= 15 is 0 Å². The van der Waals surface area contributed by atoms with Crippen LogP contribution >= 0.6 is 0 Å². The molecule has 0 rings (SSSR count). The number of ether oxygens (including phenoxy) is 1. The molecule has 7 heteroatoms. The molecular weight excluding hydrogens is 769 g/mol. The summed E-state index contributed by atoms with van der Waals surface area (Å²) in [6.45, 7) is 4.83. The molecule has 356 valence electrons. The minimum Gasteiger partial charge on any atom is -0.480 e. The number of rotatable bonds is 46. The molecule has 0 bridgehead atoms. The summed E-state index contributed by atoms with van der Waals surface area (Å²) in [5, 5.41) is 12.0. The zero-order chi connectivity index (χ0) is 45.2. The Morgan fingerprint density at radius 1 is 0.484 bits per heavy atom. The summed E-state index contributed by atoms with van der Waals surface area (Å²) in [4.78, 5) is 36.6. The standard InChI is InChI=1S/C55H96N2O5/c1-3-5-7-9-11-13-15-17-19-20-21-22-23-24-26-28-30-32-34-39-43-49-54(59)62-51(45-40-36-33-31-29-27-25-18-16-14-12-10-8-6-4-2)46-41-37-35-38-42-48-53(58)57-52(55(60)61)47-44-50-56/h5,7,11,13,16-19,21-22,27,29,51-52H,3-4,6,8-10,12,14-15,20,23-26,28,30-50,56H2,1-2H3,(H,57,58)(H,60,61)/b7-5-,13-11-,18-16-,19-17-,22-21-,29-27-. The summed E-state index contributed by atoms with van der Waals surface area (Å²) < 4.78 is 6.07. The van der Waals surface area contributed by atoms with Gasteiger partial charge in [-0.1, -0.05) is 177 Å². The lowest BCUT2D eigenvalue weighted by atomic mass is 10.0. The van der Waals surface area contributed by atoms with Gasteiger partial charge in [-0.3, -0.25) is 9.59 Å². The Kier molecular flexibility index (Phi) is 46.3. The molecular formula is C55H96N2O5. The van der Waals surface area contributed by atoms with Crippen LogP contribution in [0.5, 0.6) is 0 Å². The normalized spacial score (nSPS) is 13.2. The van der Waals surface area contributed by atoms with Crippen molar-refractivity contribution in [2.45, 2.75) is 251 Å². The van der Waals surface area contributed by atoms with E-state index in [4.69, 9.17) is 10.5 Å². The largest absolute Gasteiger partial charge is 0.480 e. The van der Waals surface area contributed by atoms with Crippen LogP contribution in [-0.2, 0) is 19.1 Å². The number of carbonyl (C=O) groups excluding carboxylic acids is 2. The molecule has 0 aliphatic carbocycles. The average molecular weight is 865 g/mol. The first-order valence-corrected chi connectivity index (χ1v) is 25.8. The Labute approximate surface area is 382 Å². The minimum absolute atomic E-state index is 0.0194. The molecule has 0 aliphatic rings. The van der Waals surface area contributed by atoms with Crippen molar-refractivity contribution in [3.63, 3.8) is 0 Å². The van der Waals surface area contributed by atoms with Crippen molar-refractivity contribution in [3.05, 3.63) is 72.9 Å². The zero-order valence-electron chi connectivity index (χ0n) is 40.2. The topological polar surface area (TPSA) is 119 Å². The van der Waals surface area contributed by atoms with Crippen molar-refractivity contribution in [3.8, 4) is 0 Å². The van der Waals surface area contributed by atoms with Crippen molar-refractivity contribution < 1.29 is 24.2 Å². The van der Waals surface area contributed by atoms with Crippen LogP contribution in [0.4, 0.5) is 0 Å². The molecule has 2 unspecified atom stereocenters. The molecule has 1 amide bonds. The van der Waals surface area contributed by atoms with Gasteiger partial charge >= 0.3 is 11.9 Å². The highest BCUT2D eigenvalue weighted by Crippen LogP contribution is 2.19. The van der Waals surface area contributed by atoms with Crippen molar-refractivity contribution in [1.29, 1.82) is 0 Å². The molecule has 0 saturated heterocycles. The summed E-state index contributed by atoms with van der Waals surface area (Å²) in [7, 11) is 0. The van der Waals surface area contributed by atoms with Gasteiger partial charge in [-0.05, 0) is 129 Å². The number of allylic oxidation sites excluding steroid dienone is 12. The third-order valence-electron chi connectivity index (χ3n) is 11.3. The molecule has 0 aliphatic heterocycles. The van der Waals surface area contributed by atoms with Gasteiger partial charge in [0.05, 0.1) is 0 Å². The van der Waals surface area contributed by atoms with Crippen LogP contribution < -0.4 is 11.1 Å². The van der Waals surface area contributed by atoms with Gasteiger partial charge in [0.1, 0.15) is 12.1 Å². The maximum Gasteiger partial charge on any atom is 0.326 e. The predicted molar refractivity (Wildman–Crippen MR) is 266 cm³/mol. The predicted octanol–water partition coefficient (Wildman–Crippen LogP) is 15.5. The van der Waals surface area contributed by atoms with Crippen LogP contribution in [0.15, 0.2) is 72.9 Å². The second-order valence-electron chi connectivity index (χ2n) is 17.2. The Morgan fingerprint density at radius 2 is 0.887 bits per heavy atom. The van der Waals surface area contributed by atoms with Gasteiger partial charge in [0, 0.05) is 12.8 Å². The fourth-order valence-electron chi connectivity index (χ4n) is 7.41. The van der Waals surface area contributed by atoms with Crippen LogP contribution in [0.3, 0.4) is 0 Å². The Balaban J connectivity index is 4.35. The SMILES string of the molecule is CC/C=C\C/C=C\C/C=C\C/C=C\CCCCCCCCCCC(=O)OC(CCCCC/C=C\C/C=C\CCCCCCC)CCCCCCCC(=O)NC(CCCN)C(=O)O. The maximum absolute atomic E-state index is 12.9. The molecule has 2 atom stereocenters. The van der Waals surface area contributed by atoms with Gasteiger partial charge in [0.25, 0.3) is 0 Å². The number of carbonyl (C=O) groups is 3. The van der Waals surface area contributed by atoms with Gasteiger partial charge in [-0.25, -0.2) is 4.79 Å². The van der Waals surface area contributed by atoms with Crippen molar-refractivity contribution in [2.24, 2.45) is 5.73 Å². The first kappa shape index (κ1) is 58.8. The van der Waals surface area contributed by atoms with Crippen molar-refractivity contribution in [1.82, 2.24) is 5.32 Å². The smallest absolute Gasteiger partial charge is 0.326 e. The van der Waals surface area contributed by atoms with E-state index in [0.717, 1.165) is 116 Å². The number of esters is 1. The molecule has 0 heterocycles. The molecule has 0 saturated carbocycles. The van der Waals surface area contributed by atoms with Gasteiger partial charge in [0.2, 0.25) is 5.91 Å². The van der Waals surface area contributed by atoms with E-state index in [1.54, 1.807) is 0 Å². The quantitative estimate of drug-likeness (QED) is 0.0319. The summed E-state index contributed by atoms with van der Waals surface area (Å²) >= 11 is 0. The monoisotopic (exact) mass is 865 g/mol. The summed E-state index contributed by atoms with van der Waals surface area (Å²) in [5.74, 6) is -1.26. The number of aliphatic carboxylic acids is 1. The third-order valence-corrected chi connectivity index (χ3v) is 11.3. The lowest BCUT2D eigenvalue weighted by Gasteiger charge is -2.18. The van der Waals surface area contributed by atoms with E-state index in [9.17, 15) is 19.5 Å². The average Bonchev–Trinajstić information content (AvgIpc) is 3.26. The first-order valence-electron chi connectivity index (χ1n) is 25.8. The van der Waals surface area contributed by atoms with Crippen LogP contribution in [0.2, 0.25) is 0 Å². The second-order valence-corrected chi connectivity index (χ2v) is 17.2. The van der Waals surface area contributed by atoms with Gasteiger partial charge in [-0.15, -0.1) is 0 Å². The fourth-order valence-corrected chi connectivity index (χ4v) is 7.41. The number of amides is 1. The van der Waals surface area contributed by atoms with Gasteiger partial charge in [0.15, 0.2) is 0 Å². The lowest BCUT2D eigenvalue weighted by Crippen LogP contribution is -2.40. The highest BCUT2D eigenvalue weighted by atomic mass is 16.5. The van der Waals surface area contributed by atoms with E-state index in [1.807, 2.05) is 0 Å². The molecule has 0 radical (unpaired) electrons. The van der Waals surface area contributed by atoms with Crippen LogP contribution in [0.1, 0.15) is 239 Å². The van der Waals surface area contributed by atoms with E-state index in [-0.39, 0.29) is 18.0 Å². The minimum atomic E-state index is -1.01. The van der Waals surface area contributed by atoms with Crippen LogP contribution in [0, 0.1) is 0 Å². The molecule has 7 nitrogen and oxygen atoms in total. The molecule has 0 spiro atoms. The Morgan fingerprint density at radius 3 is 1.35 bits per heavy atom. The zero-order valence-corrected chi connectivity index (χ0v) is 40.2. The summed E-state index contributed by atoms with van der Waals surface area (Å²) in [5.41, 5.74) is 5.50. The summed E-state index contributed by atoms with van der Waals surface area (Å²) in [6, 6.07) is -0.864. The van der Waals surface area contributed by atoms with E-state index in [2.05, 4.69) is 92.1 Å². The van der Waals surface area contributed by atoms with Crippen molar-refractivity contribution >= 4 is 17.8 Å². The molecule has 0 fully saturated rings. The first-order chi connectivity index (χ1) is 30.4. The highest BCUT2D eigenvalue weighted by molar-refractivity contribution is 5.83. The van der Waals surface area contributed by atoms with E-state index in [1.165, 1.54) is 83.5 Å². The Bertz CT molecular complexity index is 1200. The molecule has 0 aromatic carbocycles. The number of hydrogen-bond donors (Lipinski definition) is 3. The van der Waals surface area contributed by atoms with Crippen LogP contribution in [-0.4, -0.2) is 41.6 Å².